The van der Waals surface area contributed by atoms with Crippen LogP contribution in [0.3, 0.4) is 0 Å². The second kappa shape index (κ2) is 5.54. The van der Waals surface area contributed by atoms with E-state index in [1.807, 2.05) is 12.1 Å². The van der Waals surface area contributed by atoms with Gasteiger partial charge in [0.25, 0.3) is 0 Å². The summed E-state index contributed by atoms with van der Waals surface area (Å²) in [7, 11) is 0. The van der Waals surface area contributed by atoms with Crippen molar-refractivity contribution in [1.29, 1.82) is 0 Å². The molecule has 0 saturated carbocycles. The zero-order chi connectivity index (χ0) is 12.3. The van der Waals surface area contributed by atoms with Gasteiger partial charge in [0.15, 0.2) is 0 Å². The number of hydrogen-bond donors (Lipinski definition) is 1. The summed E-state index contributed by atoms with van der Waals surface area (Å²) in [6, 6.07) is 8.27. The second-order valence-electron chi connectivity index (χ2n) is 5.44. The Labute approximate surface area is 104 Å². The Kier molecular flexibility index (Phi) is 4.06. The fraction of sp³-hybridized carbons (Fsp3) is 0.600. The van der Waals surface area contributed by atoms with Gasteiger partial charge in [0.1, 0.15) is 5.75 Å². The summed E-state index contributed by atoms with van der Waals surface area (Å²) >= 11 is 0. The Morgan fingerprint density at radius 1 is 1.35 bits per heavy atom. The molecule has 1 aliphatic heterocycles. The maximum absolute atomic E-state index is 9.23. The molecule has 1 aromatic carbocycles. The van der Waals surface area contributed by atoms with Crippen molar-refractivity contribution in [3.63, 3.8) is 0 Å². The molecule has 1 saturated heterocycles. The molecule has 0 spiro atoms. The predicted molar refractivity (Wildman–Crippen MR) is 71.2 cm³/mol. The lowest BCUT2D eigenvalue weighted by Crippen LogP contribution is -2.31. The molecule has 0 radical (unpaired) electrons. The summed E-state index contributed by atoms with van der Waals surface area (Å²) in [4.78, 5) is 2.60. The van der Waals surface area contributed by atoms with Crippen LogP contribution >= 0.6 is 0 Å². The molecule has 1 aliphatic rings. The Bertz CT molecular complexity index is 346. The number of aryl methyl sites for hydroxylation is 1. The van der Waals surface area contributed by atoms with Crippen LogP contribution in [0.4, 0.5) is 0 Å². The van der Waals surface area contributed by atoms with Crippen LogP contribution in [0.2, 0.25) is 0 Å². The fourth-order valence-corrected chi connectivity index (χ4v) is 2.59. The van der Waals surface area contributed by atoms with E-state index < -0.39 is 0 Å². The Morgan fingerprint density at radius 3 is 2.65 bits per heavy atom. The minimum Gasteiger partial charge on any atom is -0.508 e. The highest BCUT2D eigenvalue weighted by Crippen LogP contribution is 2.20. The van der Waals surface area contributed by atoms with E-state index in [-0.39, 0.29) is 0 Å². The first-order valence-electron chi connectivity index (χ1n) is 6.67. The molecule has 1 fully saturated rings. The van der Waals surface area contributed by atoms with Crippen LogP contribution in [-0.4, -0.2) is 29.1 Å². The van der Waals surface area contributed by atoms with Crippen molar-refractivity contribution >= 4 is 0 Å². The van der Waals surface area contributed by atoms with Crippen LogP contribution in [0.5, 0.6) is 5.75 Å². The number of hydrogen-bond acceptors (Lipinski definition) is 2. The molecule has 2 nitrogen and oxygen atoms in total. The largest absolute Gasteiger partial charge is 0.508 e. The number of rotatable bonds is 4. The molecular formula is C15H23NO. The summed E-state index contributed by atoms with van der Waals surface area (Å²) in [5.74, 6) is 1.22. The van der Waals surface area contributed by atoms with Gasteiger partial charge in [-0.2, -0.15) is 0 Å². The van der Waals surface area contributed by atoms with Gasteiger partial charge in [0, 0.05) is 12.6 Å². The Morgan fingerprint density at radius 2 is 2.06 bits per heavy atom. The molecule has 1 heterocycles. The number of likely N-dealkylation sites (tertiary alicyclic amines) is 1. The lowest BCUT2D eigenvalue weighted by atomic mass is 10.1. The van der Waals surface area contributed by atoms with Crippen molar-refractivity contribution in [3.8, 4) is 5.75 Å². The molecule has 94 valence electrons. The molecule has 2 unspecified atom stereocenters. The van der Waals surface area contributed by atoms with E-state index in [9.17, 15) is 5.11 Å². The van der Waals surface area contributed by atoms with E-state index >= 15 is 0 Å². The van der Waals surface area contributed by atoms with Crippen LogP contribution in [0.25, 0.3) is 0 Å². The van der Waals surface area contributed by atoms with E-state index in [0.717, 1.165) is 12.3 Å². The van der Waals surface area contributed by atoms with Gasteiger partial charge in [-0.3, -0.25) is 0 Å². The summed E-state index contributed by atoms with van der Waals surface area (Å²) in [6.45, 7) is 7.19. The Balaban J connectivity index is 1.79. The lowest BCUT2D eigenvalue weighted by molar-refractivity contribution is 0.240. The zero-order valence-corrected chi connectivity index (χ0v) is 10.9. The van der Waals surface area contributed by atoms with Crippen molar-refractivity contribution in [1.82, 2.24) is 4.90 Å². The predicted octanol–water partition coefficient (Wildman–Crippen LogP) is 3.06. The summed E-state index contributed by atoms with van der Waals surface area (Å²) < 4.78 is 0. The number of nitrogens with zero attached hydrogens (tertiary/aromatic N) is 1. The van der Waals surface area contributed by atoms with E-state index in [4.69, 9.17) is 0 Å². The van der Waals surface area contributed by atoms with Crippen molar-refractivity contribution in [2.24, 2.45) is 5.92 Å². The molecule has 17 heavy (non-hydrogen) atoms. The van der Waals surface area contributed by atoms with Crippen LogP contribution in [0, 0.1) is 5.92 Å². The smallest absolute Gasteiger partial charge is 0.115 e. The maximum atomic E-state index is 9.23. The van der Waals surface area contributed by atoms with E-state index in [1.165, 1.54) is 31.5 Å². The number of phenols is 1. The van der Waals surface area contributed by atoms with Gasteiger partial charge in [0.05, 0.1) is 0 Å². The van der Waals surface area contributed by atoms with Crippen LogP contribution in [-0.2, 0) is 6.42 Å². The molecule has 2 atom stereocenters. The molecule has 0 aromatic heterocycles. The highest BCUT2D eigenvalue weighted by Gasteiger charge is 2.22. The SMILES string of the molecule is CC1CCN(C(C)CCc2ccc(O)cc2)C1. The van der Waals surface area contributed by atoms with Crippen molar-refractivity contribution < 1.29 is 5.11 Å². The molecule has 0 aliphatic carbocycles. The molecule has 2 heteroatoms. The van der Waals surface area contributed by atoms with Gasteiger partial charge in [-0.15, -0.1) is 0 Å². The van der Waals surface area contributed by atoms with Gasteiger partial charge in [0.2, 0.25) is 0 Å². The summed E-state index contributed by atoms with van der Waals surface area (Å²) in [5, 5.41) is 9.23. The normalized spacial score (nSPS) is 22.8. The number of phenolic OH excluding ortho intramolecular Hbond substituents is 1. The molecule has 0 bridgehead atoms. The third-order valence-corrected chi connectivity index (χ3v) is 3.87. The topological polar surface area (TPSA) is 23.5 Å². The van der Waals surface area contributed by atoms with E-state index in [2.05, 4.69) is 18.7 Å². The number of aromatic hydroxyl groups is 1. The monoisotopic (exact) mass is 233 g/mol. The molecule has 0 amide bonds. The molecular weight excluding hydrogens is 210 g/mol. The number of benzene rings is 1. The van der Waals surface area contributed by atoms with Crippen LogP contribution < -0.4 is 0 Å². The lowest BCUT2D eigenvalue weighted by Gasteiger charge is -2.24. The van der Waals surface area contributed by atoms with Gasteiger partial charge in [-0.1, -0.05) is 19.1 Å². The highest BCUT2D eigenvalue weighted by molar-refractivity contribution is 5.25. The molecule has 1 N–H and O–H groups in total. The summed E-state index contributed by atoms with van der Waals surface area (Å²) in [5.41, 5.74) is 1.32. The van der Waals surface area contributed by atoms with Crippen LogP contribution in [0.1, 0.15) is 32.3 Å². The van der Waals surface area contributed by atoms with Crippen molar-refractivity contribution in [2.75, 3.05) is 13.1 Å². The van der Waals surface area contributed by atoms with Crippen molar-refractivity contribution in [3.05, 3.63) is 29.8 Å². The van der Waals surface area contributed by atoms with Gasteiger partial charge >= 0.3 is 0 Å². The minimum atomic E-state index is 0.357. The average Bonchev–Trinajstić information content (AvgIpc) is 2.75. The van der Waals surface area contributed by atoms with E-state index in [0.29, 0.717) is 11.8 Å². The van der Waals surface area contributed by atoms with Crippen LogP contribution in [0.15, 0.2) is 24.3 Å². The molecule has 2 rings (SSSR count). The third-order valence-electron chi connectivity index (χ3n) is 3.87. The zero-order valence-electron chi connectivity index (χ0n) is 10.9. The quantitative estimate of drug-likeness (QED) is 0.864. The first-order chi connectivity index (χ1) is 8.15. The first kappa shape index (κ1) is 12.4. The first-order valence-corrected chi connectivity index (χ1v) is 6.67. The summed E-state index contributed by atoms with van der Waals surface area (Å²) in [6.07, 6.45) is 3.66. The van der Waals surface area contributed by atoms with Crippen molar-refractivity contribution in [2.45, 2.75) is 39.2 Å². The Hall–Kier alpha value is -1.02. The van der Waals surface area contributed by atoms with Gasteiger partial charge < -0.3 is 10.0 Å². The minimum absolute atomic E-state index is 0.357. The highest BCUT2D eigenvalue weighted by atomic mass is 16.3. The standard InChI is InChI=1S/C15H23NO/c1-12-9-10-16(11-12)13(2)3-4-14-5-7-15(17)8-6-14/h5-8,12-13,17H,3-4,9-11H2,1-2H3. The van der Waals surface area contributed by atoms with Gasteiger partial charge in [-0.05, 0) is 56.3 Å². The molecule has 1 aromatic rings. The average molecular weight is 233 g/mol. The maximum Gasteiger partial charge on any atom is 0.115 e. The fourth-order valence-electron chi connectivity index (χ4n) is 2.59. The third kappa shape index (κ3) is 3.47. The van der Waals surface area contributed by atoms with Gasteiger partial charge in [-0.25, -0.2) is 0 Å². The second-order valence-corrected chi connectivity index (χ2v) is 5.44. The van der Waals surface area contributed by atoms with E-state index in [1.54, 1.807) is 12.1 Å².